The van der Waals surface area contributed by atoms with Crippen LogP contribution in [0.4, 0.5) is 5.88 Å². The quantitative estimate of drug-likeness (QED) is 0.836. The summed E-state index contributed by atoms with van der Waals surface area (Å²) >= 11 is 0. The molecule has 0 aliphatic carbocycles. The van der Waals surface area contributed by atoms with E-state index in [1.165, 1.54) is 6.92 Å². The standard InChI is InChI=1S/C16H23NO6/c1-7-21-13(18)10-9(3)23-12(11(10)14(19)22-8-2)17-15(20)16(4,5)6/h7-8H2,1-6H3,(H,17,20). The van der Waals surface area contributed by atoms with Crippen LogP contribution in [-0.2, 0) is 14.3 Å². The molecule has 0 spiro atoms. The van der Waals surface area contributed by atoms with Gasteiger partial charge in [-0.3, -0.25) is 10.1 Å². The summed E-state index contributed by atoms with van der Waals surface area (Å²) in [5.41, 5.74) is -0.855. The second-order valence-corrected chi connectivity index (χ2v) is 5.88. The fraction of sp³-hybridized carbons (Fsp3) is 0.562. The number of rotatable bonds is 5. The molecule has 1 aromatic rings. The van der Waals surface area contributed by atoms with Gasteiger partial charge in [0.05, 0.1) is 13.2 Å². The van der Waals surface area contributed by atoms with Crippen molar-refractivity contribution in [2.75, 3.05) is 18.5 Å². The smallest absolute Gasteiger partial charge is 0.344 e. The predicted molar refractivity (Wildman–Crippen MR) is 83.4 cm³/mol. The molecule has 0 unspecified atom stereocenters. The Balaban J connectivity index is 3.35. The molecule has 0 atom stereocenters. The molecule has 0 aliphatic rings. The van der Waals surface area contributed by atoms with E-state index in [-0.39, 0.29) is 41.9 Å². The molecule has 1 rings (SSSR count). The van der Waals surface area contributed by atoms with Crippen molar-refractivity contribution in [2.45, 2.75) is 41.5 Å². The van der Waals surface area contributed by atoms with Crippen LogP contribution in [0.25, 0.3) is 0 Å². The minimum absolute atomic E-state index is 0.0329. The van der Waals surface area contributed by atoms with E-state index in [0.29, 0.717) is 0 Å². The van der Waals surface area contributed by atoms with Gasteiger partial charge in [-0.15, -0.1) is 0 Å². The molecular weight excluding hydrogens is 302 g/mol. The van der Waals surface area contributed by atoms with Crippen molar-refractivity contribution in [3.05, 3.63) is 16.9 Å². The van der Waals surface area contributed by atoms with E-state index < -0.39 is 17.4 Å². The maximum atomic E-state index is 12.2. The zero-order valence-electron chi connectivity index (χ0n) is 14.4. The summed E-state index contributed by atoms with van der Waals surface area (Å²) in [6, 6.07) is 0. The van der Waals surface area contributed by atoms with E-state index in [2.05, 4.69) is 5.32 Å². The van der Waals surface area contributed by atoms with Gasteiger partial charge in [-0.25, -0.2) is 9.59 Å². The van der Waals surface area contributed by atoms with Gasteiger partial charge in [-0.1, -0.05) is 20.8 Å². The second-order valence-electron chi connectivity index (χ2n) is 5.88. The van der Waals surface area contributed by atoms with Crippen LogP contribution in [0.3, 0.4) is 0 Å². The number of nitrogens with one attached hydrogen (secondary N) is 1. The number of carbonyl (C=O) groups is 3. The Morgan fingerprint density at radius 3 is 1.91 bits per heavy atom. The Morgan fingerprint density at radius 2 is 1.48 bits per heavy atom. The van der Waals surface area contributed by atoms with Crippen molar-refractivity contribution < 1.29 is 28.3 Å². The first-order chi connectivity index (χ1) is 10.6. The number of hydrogen-bond acceptors (Lipinski definition) is 6. The van der Waals surface area contributed by atoms with Gasteiger partial charge in [-0.05, 0) is 20.8 Å². The maximum absolute atomic E-state index is 12.2. The summed E-state index contributed by atoms with van der Waals surface area (Å²) in [6.45, 7) is 10.2. The van der Waals surface area contributed by atoms with Crippen molar-refractivity contribution in [2.24, 2.45) is 5.41 Å². The predicted octanol–water partition coefficient (Wildman–Crippen LogP) is 2.93. The number of furan rings is 1. The van der Waals surface area contributed by atoms with Crippen molar-refractivity contribution in [3.8, 4) is 0 Å². The van der Waals surface area contributed by atoms with Crippen LogP contribution in [0.5, 0.6) is 0 Å². The van der Waals surface area contributed by atoms with E-state index >= 15 is 0 Å². The number of carbonyl (C=O) groups excluding carboxylic acids is 3. The highest BCUT2D eigenvalue weighted by atomic mass is 16.5. The molecule has 128 valence electrons. The van der Waals surface area contributed by atoms with Crippen LogP contribution >= 0.6 is 0 Å². The SMILES string of the molecule is CCOC(=O)c1c(C)oc(NC(=O)C(C)(C)C)c1C(=O)OCC. The molecule has 1 amide bonds. The minimum Gasteiger partial charge on any atom is -0.462 e. The number of ether oxygens (including phenoxy) is 2. The van der Waals surface area contributed by atoms with Gasteiger partial charge in [0, 0.05) is 5.41 Å². The monoisotopic (exact) mass is 325 g/mol. The lowest BCUT2D eigenvalue weighted by molar-refractivity contribution is -0.123. The molecule has 1 heterocycles. The molecule has 0 aromatic carbocycles. The first-order valence-electron chi connectivity index (χ1n) is 7.42. The molecule has 0 aliphatic heterocycles. The third kappa shape index (κ3) is 4.34. The highest BCUT2D eigenvalue weighted by molar-refractivity contribution is 6.09. The molecule has 1 N–H and O–H groups in total. The molecule has 0 saturated carbocycles. The summed E-state index contributed by atoms with van der Waals surface area (Å²) in [6.07, 6.45) is 0. The Kier molecular flexibility index (Phi) is 5.95. The minimum atomic E-state index is -0.753. The van der Waals surface area contributed by atoms with Crippen molar-refractivity contribution in [1.29, 1.82) is 0 Å². The van der Waals surface area contributed by atoms with E-state index in [4.69, 9.17) is 13.9 Å². The molecule has 7 heteroatoms. The fourth-order valence-electron chi connectivity index (χ4n) is 1.77. The number of amides is 1. The topological polar surface area (TPSA) is 94.8 Å². The molecule has 23 heavy (non-hydrogen) atoms. The second kappa shape index (κ2) is 7.30. The van der Waals surface area contributed by atoms with Crippen LogP contribution in [0.15, 0.2) is 4.42 Å². The van der Waals surface area contributed by atoms with Crippen LogP contribution in [0.2, 0.25) is 0 Å². The Hall–Kier alpha value is -2.31. The average Bonchev–Trinajstić information content (AvgIpc) is 2.74. The molecule has 0 bridgehead atoms. The van der Waals surface area contributed by atoms with E-state index in [0.717, 1.165) is 0 Å². The highest BCUT2D eigenvalue weighted by Crippen LogP contribution is 2.30. The van der Waals surface area contributed by atoms with E-state index in [9.17, 15) is 14.4 Å². The Bertz CT molecular complexity index is 609. The lowest BCUT2D eigenvalue weighted by Crippen LogP contribution is -2.28. The van der Waals surface area contributed by atoms with Gasteiger partial charge in [-0.2, -0.15) is 0 Å². The Morgan fingerprint density at radius 1 is 1.00 bits per heavy atom. The third-order valence-corrected chi connectivity index (χ3v) is 2.95. The molecule has 0 radical (unpaired) electrons. The molecule has 7 nitrogen and oxygen atoms in total. The Labute approximate surface area is 135 Å². The van der Waals surface area contributed by atoms with Crippen molar-refractivity contribution >= 4 is 23.7 Å². The van der Waals surface area contributed by atoms with Gasteiger partial charge in [0.15, 0.2) is 0 Å². The summed E-state index contributed by atoms with van der Waals surface area (Å²) in [4.78, 5) is 36.4. The number of esters is 2. The summed E-state index contributed by atoms with van der Waals surface area (Å²) in [7, 11) is 0. The van der Waals surface area contributed by atoms with E-state index in [1.54, 1.807) is 34.6 Å². The maximum Gasteiger partial charge on any atom is 0.344 e. The molecule has 0 fully saturated rings. The van der Waals surface area contributed by atoms with Gasteiger partial charge in [0.25, 0.3) is 0 Å². The van der Waals surface area contributed by atoms with Crippen LogP contribution in [-0.4, -0.2) is 31.1 Å². The molecule has 1 aromatic heterocycles. The number of aryl methyl sites for hydroxylation is 1. The molecular formula is C16H23NO6. The van der Waals surface area contributed by atoms with Crippen molar-refractivity contribution in [1.82, 2.24) is 0 Å². The summed E-state index contributed by atoms with van der Waals surface area (Å²) < 4.78 is 15.3. The van der Waals surface area contributed by atoms with Crippen LogP contribution in [0.1, 0.15) is 61.1 Å². The first-order valence-corrected chi connectivity index (χ1v) is 7.42. The normalized spacial score (nSPS) is 11.0. The van der Waals surface area contributed by atoms with Gasteiger partial charge >= 0.3 is 11.9 Å². The largest absolute Gasteiger partial charge is 0.462 e. The third-order valence-electron chi connectivity index (χ3n) is 2.95. The van der Waals surface area contributed by atoms with Gasteiger partial charge < -0.3 is 13.9 Å². The fourth-order valence-corrected chi connectivity index (χ4v) is 1.77. The van der Waals surface area contributed by atoms with E-state index in [1.807, 2.05) is 0 Å². The number of hydrogen-bond donors (Lipinski definition) is 1. The highest BCUT2D eigenvalue weighted by Gasteiger charge is 2.33. The van der Waals surface area contributed by atoms with Crippen LogP contribution in [0, 0.1) is 12.3 Å². The van der Waals surface area contributed by atoms with Crippen molar-refractivity contribution in [3.63, 3.8) is 0 Å². The zero-order chi connectivity index (χ0) is 17.8. The summed E-state index contributed by atoms with van der Waals surface area (Å²) in [5.74, 6) is -1.74. The lowest BCUT2D eigenvalue weighted by atomic mass is 9.95. The zero-order valence-corrected chi connectivity index (χ0v) is 14.4. The first kappa shape index (κ1) is 18.7. The van der Waals surface area contributed by atoms with Gasteiger partial charge in [0.1, 0.15) is 16.9 Å². The average molecular weight is 325 g/mol. The van der Waals surface area contributed by atoms with Gasteiger partial charge in [0.2, 0.25) is 11.8 Å². The van der Waals surface area contributed by atoms with Crippen LogP contribution < -0.4 is 5.32 Å². The molecule has 0 saturated heterocycles. The lowest BCUT2D eigenvalue weighted by Gasteiger charge is -2.16. The number of anilines is 1. The summed E-state index contributed by atoms with van der Waals surface area (Å²) in [5, 5.41) is 2.53.